The van der Waals surface area contributed by atoms with Gasteiger partial charge in [-0.05, 0) is 92.4 Å². The number of carbonyl (C=O) groups is 1. The van der Waals surface area contributed by atoms with E-state index in [1.807, 2.05) is 36.7 Å². The number of carboxylic acid groups (broad SMARTS) is 1. The predicted molar refractivity (Wildman–Crippen MR) is 141 cm³/mol. The van der Waals surface area contributed by atoms with E-state index in [9.17, 15) is 9.90 Å². The summed E-state index contributed by atoms with van der Waals surface area (Å²) in [7, 11) is 1.69. The van der Waals surface area contributed by atoms with Gasteiger partial charge in [0.05, 0.1) is 17.7 Å². The van der Waals surface area contributed by atoms with Gasteiger partial charge in [0, 0.05) is 43.0 Å². The molecule has 0 bridgehead atoms. The molecule has 0 radical (unpaired) electrons. The van der Waals surface area contributed by atoms with Crippen LogP contribution in [0.25, 0.3) is 10.9 Å². The van der Waals surface area contributed by atoms with E-state index in [4.69, 9.17) is 4.74 Å². The Kier molecular flexibility index (Phi) is 9.37. The molecule has 0 aliphatic carbocycles. The number of benzene rings is 1. The van der Waals surface area contributed by atoms with Crippen molar-refractivity contribution in [3.05, 3.63) is 60.4 Å². The van der Waals surface area contributed by atoms with Gasteiger partial charge in [0.15, 0.2) is 0 Å². The number of nitrogens with zero attached hydrogens (tertiary/aromatic N) is 3. The van der Waals surface area contributed by atoms with Crippen molar-refractivity contribution in [1.29, 1.82) is 0 Å². The van der Waals surface area contributed by atoms with Crippen molar-refractivity contribution in [2.24, 2.45) is 11.8 Å². The summed E-state index contributed by atoms with van der Waals surface area (Å²) < 4.78 is 5.41. The maximum Gasteiger partial charge on any atom is 0.303 e. The van der Waals surface area contributed by atoms with Gasteiger partial charge in [0.2, 0.25) is 0 Å². The van der Waals surface area contributed by atoms with Crippen molar-refractivity contribution >= 4 is 28.6 Å². The molecule has 1 fully saturated rings. The van der Waals surface area contributed by atoms with E-state index in [2.05, 4.69) is 33.1 Å². The van der Waals surface area contributed by atoms with Gasteiger partial charge in [0.25, 0.3) is 0 Å². The number of aliphatic carboxylic acids is 1. The Morgan fingerprint density at radius 1 is 1.14 bits per heavy atom. The van der Waals surface area contributed by atoms with Crippen LogP contribution in [0.5, 0.6) is 5.75 Å². The highest BCUT2D eigenvalue weighted by Gasteiger charge is 2.29. The zero-order valence-corrected chi connectivity index (χ0v) is 21.3. The summed E-state index contributed by atoms with van der Waals surface area (Å²) in [5.41, 5.74) is 2.31. The average molecular weight is 494 g/mol. The van der Waals surface area contributed by atoms with Gasteiger partial charge < -0.3 is 14.7 Å². The van der Waals surface area contributed by atoms with Crippen molar-refractivity contribution in [2.75, 3.05) is 32.5 Å². The third kappa shape index (κ3) is 7.42. The lowest BCUT2D eigenvalue weighted by atomic mass is 9.79. The standard InChI is InChI=1S/C28H35N3O3S/c1-34-24-9-10-26-25(19-24)22(12-15-29-26)6-4-5-21-13-16-31(20-23(21)8-11-28(32)33)17-18-35-27-7-2-3-14-30-27/h2-3,7,9-10,12,14-15,19,21,23H,4-6,8,11,13,16-18,20H2,1H3,(H,32,33). The molecular formula is C28H35N3O3S. The van der Waals surface area contributed by atoms with Crippen LogP contribution in [-0.2, 0) is 11.2 Å². The Bertz CT molecular complexity index is 1100. The van der Waals surface area contributed by atoms with E-state index in [1.165, 1.54) is 5.56 Å². The van der Waals surface area contributed by atoms with Crippen LogP contribution in [0.2, 0.25) is 0 Å². The Balaban J connectivity index is 1.31. The van der Waals surface area contributed by atoms with Crippen LogP contribution in [0.4, 0.5) is 0 Å². The van der Waals surface area contributed by atoms with E-state index in [0.717, 1.165) is 79.2 Å². The first kappa shape index (κ1) is 25.5. The zero-order chi connectivity index (χ0) is 24.5. The molecule has 2 unspecified atom stereocenters. The molecule has 4 rings (SSSR count). The Labute approximate surface area is 212 Å². The number of methoxy groups -OCH3 is 1. The Hall–Kier alpha value is -2.64. The Morgan fingerprint density at radius 3 is 2.86 bits per heavy atom. The number of pyridine rings is 2. The lowest BCUT2D eigenvalue weighted by Crippen LogP contribution is -2.41. The van der Waals surface area contributed by atoms with Gasteiger partial charge in [-0.3, -0.25) is 9.78 Å². The molecule has 2 aromatic heterocycles. The first-order valence-corrected chi connectivity index (χ1v) is 13.5. The fourth-order valence-electron chi connectivity index (χ4n) is 5.17. The number of carboxylic acids is 1. The molecule has 3 aromatic rings. The van der Waals surface area contributed by atoms with Gasteiger partial charge >= 0.3 is 5.97 Å². The zero-order valence-electron chi connectivity index (χ0n) is 20.4. The first-order chi connectivity index (χ1) is 17.1. The summed E-state index contributed by atoms with van der Waals surface area (Å²) >= 11 is 1.79. The second-order valence-corrected chi connectivity index (χ2v) is 10.4. The van der Waals surface area contributed by atoms with Crippen molar-refractivity contribution in [3.63, 3.8) is 0 Å². The van der Waals surface area contributed by atoms with Crippen LogP contribution in [-0.4, -0.2) is 58.4 Å². The lowest BCUT2D eigenvalue weighted by molar-refractivity contribution is -0.137. The van der Waals surface area contributed by atoms with E-state index >= 15 is 0 Å². The topological polar surface area (TPSA) is 75.5 Å². The van der Waals surface area contributed by atoms with Crippen molar-refractivity contribution in [3.8, 4) is 5.75 Å². The smallest absolute Gasteiger partial charge is 0.303 e. The SMILES string of the molecule is COc1ccc2nccc(CCCC3CCN(CCSc4ccccn4)CC3CCC(=O)O)c2c1. The summed E-state index contributed by atoms with van der Waals surface area (Å²) in [4.78, 5) is 22.7. The van der Waals surface area contributed by atoms with Gasteiger partial charge in [-0.15, -0.1) is 11.8 Å². The van der Waals surface area contributed by atoms with Crippen LogP contribution in [0.3, 0.4) is 0 Å². The fraction of sp³-hybridized carbons (Fsp3) is 0.464. The molecule has 35 heavy (non-hydrogen) atoms. The van der Waals surface area contributed by atoms with E-state index in [-0.39, 0.29) is 6.42 Å². The number of aryl methyl sites for hydroxylation is 1. The summed E-state index contributed by atoms with van der Waals surface area (Å²) in [5.74, 6) is 2.19. The number of ether oxygens (including phenoxy) is 1. The molecule has 7 heteroatoms. The minimum atomic E-state index is -0.691. The van der Waals surface area contributed by atoms with Crippen LogP contribution < -0.4 is 4.74 Å². The molecule has 2 atom stereocenters. The molecule has 3 heterocycles. The second kappa shape index (κ2) is 12.9. The molecule has 1 aromatic carbocycles. The minimum absolute atomic E-state index is 0.256. The average Bonchev–Trinajstić information content (AvgIpc) is 2.88. The first-order valence-electron chi connectivity index (χ1n) is 12.5. The monoisotopic (exact) mass is 493 g/mol. The van der Waals surface area contributed by atoms with E-state index in [0.29, 0.717) is 11.8 Å². The Morgan fingerprint density at radius 2 is 2.06 bits per heavy atom. The van der Waals surface area contributed by atoms with Gasteiger partial charge in [-0.1, -0.05) is 6.07 Å². The van der Waals surface area contributed by atoms with Crippen LogP contribution >= 0.6 is 11.8 Å². The van der Waals surface area contributed by atoms with Gasteiger partial charge in [-0.25, -0.2) is 4.98 Å². The van der Waals surface area contributed by atoms with Crippen LogP contribution in [0.1, 0.15) is 37.7 Å². The highest BCUT2D eigenvalue weighted by atomic mass is 32.2. The molecule has 6 nitrogen and oxygen atoms in total. The predicted octanol–water partition coefficient (Wildman–Crippen LogP) is 5.56. The van der Waals surface area contributed by atoms with Crippen molar-refractivity contribution < 1.29 is 14.6 Å². The van der Waals surface area contributed by atoms with Gasteiger partial charge in [0.1, 0.15) is 5.75 Å². The fourth-order valence-corrected chi connectivity index (χ4v) is 6.04. The highest BCUT2D eigenvalue weighted by Crippen LogP contribution is 2.32. The number of likely N-dealkylation sites (tertiary alicyclic amines) is 1. The summed E-state index contributed by atoms with van der Waals surface area (Å²) in [5, 5.41) is 11.5. The van der Waals surface area contributed by atoms with Crippen LogP contribution in [0.15, 0.2) is 59.9 Å². The second-order valence-electron chi connectivity index (χ2n) is 9.30. The lowest BCUT2D eigenvalue weighted by Gasteiger charge is -2.39. The number of aromatic nitrogens is 2. The third-order valence-electron chi connectivity index (χ3n) is 7.06. The molecule has 0 spiro atoms. The largest absolute Gasteiger partial charge is 0.497 e. The summed E-state index contributed by atoms with van der Waals surface area (Å²) in [6, 6.07) is 14.2. The van der Waals surface area contributed by atoms with Crippen molar-refractivity contribution in [1.82, 2.24) is 14.9 Å². The van der Waals surface area contributed by atoms with Gasteiger partial charge in [-0.2, -0.15) is 0 Å². The number of fused-ring (bicyclic) bond motifs is 1. The summed E-state index contributed by atoms with van der Waals surface area (Å²) in [6.45, 7) is 3.10. The molecular weight excluding hydrogens is 458 g/mol. The molecule has 186 valence electrons. The molecule has 1 saturated heterocycles. The highest BCUT2D eigenvalue weighted by molar-refractivity contribution is 7.99. The molecule has 0 amide bonds. The molecule has 1 N–H and O–H groups in total. The van der Waals surface area contributed by atoms with E-state index in [1.54, 1.807) is 18.9 Å². The van der Waals surface area contributed by atoms with Crippen LogP contribution in [0, 0.1) is 11.8 Å². The number of piperidine rings is 1. The van der Waals surface area contributed by atoms with Crippen molar-refractivity contribution in [2.45, 2.75) is 43.6 Å². The van der Waals surface area contributed by atoms with E-state index < -0.39 is 5.97 Å². The number of hydrogen-bond donors (Lipinski definition) is 1. The summed E-state index contributed by atoms with van der Waals surface area (Å²) in [6.07, 6.45) is 9.12. The maximum atomic E-state index is 11.3. The minimum Gasteiger partial charge on any atom is -0.497 e. The number of thioether (sulfide) groups is 1. The number of hydrogen-bond acceptors (Lipinski definition) is 6. The molecule has 1 aliphatic rings. The third-order valence-corrected chi connectivity index (χ3v) is 7.98. The number of rotatable bonds is 12. The quantitative estimate of drug-likeness (QED) is 0.331. The maximum absolute atomic E-state index is 11.3. The molecule has 1 aliphatic heterocycles. The molecule has 0 saturated carbocycles. The normalized spacial score (nSPS) is 18.5.